The van der Waals surface area contributed by atoms with Crippen molar-refractivity contribution in [3.8, 4) is 0 Å². The van der Waals surface area contributed by atoms with Gasteiger partial charge in [-0.15, -0.1) is 0 Å². The van der Waals surface area contributed by atoms with E-state index in [-0.39, 0.29) is 10.5 Å². The summed E-state index contributed by atoms with van der Waals surface area (Å²) in [7, 11) is 0. The molecule has 0 bridgehead atoms. The maximum Gasteiger partial charge on any atom is 0.324 e. The minimum atomic E-state index is -0.945. The predicted molar refractivity (Wildman–Crippen MR) is 78.7 cm³/mol. The highest BCUT2D eigenvalue weighted by Gasteiger charge is 2.40. The minimum absolute atomic E-state index is 0.0101. The molecule has 0 spiro atoms. The van der Waals surface area contributed by atoms with Gasteiger partial charge in [-0.3, -0.25) is 14.9 Å². The van der Waals surface area contributed by atoms with Gasteiger partial charge < -0.3 is 4.74 Å². The Morgan fingerprint density at radius 2 is 2.00 bits per heavy atom. The second kappa shape index (κ2) is 6.47. The van der Waals surface area contributed by atoms with Gasteiger partial charge in [0.25, 0.3) is 5.69 Å². The first-order chi connectivity index (χ1) is 8.80. The average molecular weight is 395 g/mol. The lowest BCUT2D eigenvalue weighted by Crippen LogP contribution is -2.34. The van der Waals surface area contributed by atoms with Crippen LogP contribution in [-0.4, -0.2) is 21.8 Å². The van der Waals surface area contributed by atoms with E-state index < -0.39 is 15.2 Å². The van der Waals surface area contributed by atoms with Gasteiger partial charge in [-0.2, -0.15) is 0 Å². The topological polar surface area (TPSA) is 69.4 Å². The molecule has 5 nitrogen and oxygen atoms in total. The van der Waals surface area contributed by atoms with Crippen molar-refractivity contribution in [1.29, 1.82) is 0 Å². The van der Waals surface area contributed by atoms with Crippen LogP contribution >= 0.6 is 31.9 Å². The molecule has 1 aromatic carbocycles. The summed E-state index contributed by atoms with van der Waals surface area (Å²) < 4.78 is 4.04. The van der Waals surface area contributed by atoms with Gasteiger partial charge >= 0.3 is 5.97 Å². The Hall–Kier alpha value is -0.950. The van der Waals surface area contributed by atoms with E-state index in [1.807, 2.05) is 0 Å². The number of benzene rings is 1. The van der Waals surface area contributed by atoms with E-state index in [1.165, 1.54) is 12.1 Å². The van der Waals surface area contributed by atoms with Gasteiger partial charge in [0.05, 0.1) is 16.4 Å². The molecule has 0 aliphatic heterocycles. The third-order valence-corrected chi connectivity index (χ3v) is 5.39. The molecule has 0 heterocycles. The standard InChI is InChI=1S/C12H13Br2NO4/c1-3-19-11(16)12(2,14)10(13)8-4-6-9(7-5-8)15(17)18/h4-7,10H,3H2,1-2H3. The Balaban J connectivity index is 2.95. The maximum absolute atomic E-state index is 11.8. The highest BCUT2D eigenvalue weighted by atomic mass is 79.9. The van der Waals surface area contributed by atoms with E-state index in [4.69, 9.17) is 4.74 Å². The Morgan fingerprint density at radius 3 is 2.42 bits per heavy atom. The Bertz CT molecular complexity index is 473. The van der Waals surface area contributed by atoms with Gasteiger partial charge in [-0.25, -0.2) is 0 Å². The number of rotatable bonds is 5. The first-order valence-electron chi connectivity index (χ1n) is 5.55. The van der Waals surface area contributed by atoms with Crippen LogP contribution in [0.4, 0.5) is 5.69 Å². The van der Waals surface area contributed by atoms with Crippen molar-refractivity contribution in [3.05, 3.63) is 39.9 Å². The zero-order valence-electron chi connectivity index (χ0n) is 10.4. The van der Waals surface area contributed by atoms with Gasteiger partial charge in [0.1, 0.15) is 4.32 Å². The summed E-state index contributed by atoms with van der Waals surface area (Å²) in [6.07, 6.45) is 0. The monoisotopic (exact) mass is 393 g/mol. The van der Waals surface area contributed by atoms with Crippen LogP contribution in [0.3, 0.4) is 0 Å². The van der Waals surface area contributed by atoms with Gasteiger partial charge in [0, 0.05) is 12.1 Å². The molecule has 0 aliphatic carbocycles. The number of esters is 1. The van der Waals surface area contributed by atoms with Crippen LogP contribution in [0.1, 0.15) is 24.2 Å². The third kappa shape index (κ3) is 3.76. The molecule has 0 saturated carbocycles. The summed E-state index contributed by atoms with van der Waals surface area (Å²) >= 11 is 6.76. The number of ether oxygens (including phenoxy) is 1. The first kappa shape index (κ1) is 16.1. The number of carbonyl (C=O) groups is 1. The quantitative estimate of drug-likeness (QED) is 0.330. The van der Waals surface area contributed by atoms with Gasteiger partial charge in [0.15, 0.2) is 0 Å². The highest BCUT2D eigenvalue weighted by Crippen LogP contribution is 2.41. The van der Waals surface area contributed by atoms with Crippen LogP contribution in [0.25, 0.3) is 0 Å². The van der Waals surface area contributed by atoms with E-state index in [0.29, 0.717) is 6.61 Å². The van der Waals surface area contributed by atoms with Crippen molar-refractivity contribution >= 4 is 43.5 Å². The SMILES string of the molecule is CCOC(=O)C(C)(Br)C(Br)c1ccc([N+](=O)[O-])cc1. The smallest absolute Gasteiger partial charge is 0.324 e. The van der Waals surface area contributed by atoms with Crippen molar-refractivity contribution in [2.45, 2.75) is 23.0 Å². The molecule has 0 aliphatic rings. The molecule has 1 aromatic rings. The zero-order chi connectivity index (χ0) is 14.6. The van der Waals surface area contributed by atoms with E-state index in [2.05, 4.69) is 31.9 Å². The number of carbonyl (C=O) groups excluding carboxylic acids is 1. The Kier molecular flexibility index (Phi) is 5.49. The molecule has 0 saturated heterocycles. The van der Waals surface area contributed by atoms with Gasteiger partial charge in [0.2, 0.25) is 0 Å². The number of nitro benzene ring substituents is 1. The zero-order valence-corrected chi connectivity index (χ0v) is 13.6. The third-order valence-electron chi connectivity index (χ3n) is 2.55. The number of halogens is 2. The van der Waals surface area contributed by atoms with Crippen molar-refractivity contribution in [1.82, 2.24) is 0 Å². The summed E-state index contributed by atoms with van der Waals surface area (Å²) in [5.74, 6) is -0.393. The summed E-state index contributed by atoms with van der Waals surface area (Å²) in [4.78, 5) is 21.6. The molecule has 0 fully saturated rings. The Morgan fingerprint density at radius 1 is 1.47 bits per heavy atom. The first-order valence-corrected chi connectivity index (χ1v) is 7.26. The summed E-state index contributed by atoms with van der Waals surface area (Å²) in [5, 5.41) is 10.6. The van der Waals surface area contributed by atoms with Crippen LogP contribution in [0.2, 0.25) is 0 Å². The van der Waals surface area contributed by atoms with E-state index >= 15 is 0 Å². The lowest BCUT2D eigenvalue weighted by Gasteiger charge is -2.26. The number of nitrogens with zero attached hydrogens (tertiary/aromatic N) is 1. The molecular weight excluding hydrogens is 382 g/mol. The number of hydrogen-bond acceptors (Lipinski definition) is 4. The van der Waals surface area contributed by atoms with Gasteiger partial charge in [-0.05, 0) is 19.4 Å². The molecule has 19 heavy (non-hydrogen) atoms. The fourth-order valence-electron chi connectivity index (χ4n) is 1.45. The predicted octanol–water partition coefficient (Wildman–Crippen LogP) is 3.75. The second-order valence-corrected chi connectivity index (χ2v) is 6.57. The van der Waals surface area contributed by atoms with Gasteiger partial charge in [-0.1, -0.05) is 44.0 Å². The fourth-order valence-corrected chi connectivity index (χ4v) is 2.32. The van der Waals surface area contributed by atoms with E-state index in [0.717, 1.165) is 5.56 Å². The number of alkyl halides is 2. The molecule has 2 unspecified atom stereocenters. The Labute approximate surface area is 127 Å². The second-order valence-electron chi connectivity index (χ2n) is 4.01. The van der Waals surface area contributed by atoms with Crippen LogP contribution < -0.4 is 0 Å². The highest BCUT2D eigenvalue weighted by molar-refractivity contribution is 9.12. The van der Waals surface area contributed by atoms with E-state index in [1.54, 1.807) is 26.0 Å². The van der Waals surface area contributed by atoms with Crippen LogP contribution in [0, 0.1) is 10.1 Å². The van der Waals surface area contributed by atoms with Crippen molar-refractivity contribution < 1.29 is 14.5 Å². The van der Waals surface area contributed by atoms with Crippen molar-refractivity contribution in [2.24, 2.45) is 0 Å². The molecule has 0 radical (unpaired) electrons. The molecule has 7 heteroatoms. The maximum atomic E-state index is 11.8. The van der Waals surface area contributed by atoms with Crippen LogP contribution in [0.5, 0.6) is 0 Å². The normalized spacial score (nSPS) is 15.4. The molecule has 0 aromatic heterocycles. The number of hydrogen-bond donors (Lipinski definition) is 0. The van der Waals surface area contributed by atoms with Crippen LogP contribution in [0.15, 0.2) is 24.3 Å². The molecule has 2 atom stereocenters. The lowest BCUT2D eigenvalue weighted by atomic mass is 10.0. The van der Waals surface area contributed by atoms with Crippen molar-refractivity contribution in [3.63, 3.8) is 0 Å². The average Bonchev–Trinajstić information content (AvgIpc) is 2.38. The molecule has 0 N–H and O–H groups in total. The number of non-ortho nitro benzene ring substituents is 1. The number of nitro groups is 1. The molecule has 1 rings (SSSR count). The molecule has 104 valence electrons. The lowest BCUT2D eigenvalue weighted by molar-refractivity contribution is -0.384. The van der Waals surface area contributed by atoms with Crippen molar-refractivity contribution in [2.75, 3.05) is 6.61 Å². The van der Waals surface area contributed by atoms with Crippen LogP contribution in [-0.2, 0) is 9.53 Å². The molecular formula is C12H13Br2NO4. The summed E-state index contributed by atoms with van der Waals surface area (Å²) in [6.45, 7) is 3.71. The van der Waals surface area contributed by atoms with E-state index in [9.17, 15) is 14.9 Å². The summed E-state index contributed by atoms with van der Waals surface area (Å²) in [5.41, 5.74) is 0.758. The fraction of sp³-hybridized carbons (Fsp3) is 0.417. The minimum Gasteiger partial charge on any atom is -0.465 e. The molecule has 0 amide bonds. The summed E-state index contributed by atoms with van der Waals surface area (Å²) in [6, 6.07) is 6.02. The largest absolute Gasteiger partial charge is 0.465 e.